The molecule has 2 amide bonds. The first-order valence-corrected chi connectivity index (χ1v) is 8.46. The Bertz CT molecular complexity index is 938. The topological polar surface area (TPSA) is 88.4 Å². The van der Waals surface area contributed by atoms with Crippen LogP contribution < -0.4 is 10.6 Å². The molecule has 25 heavy (non-hydrogen) atoms. The highest BCUT2D eigenvalue weighted by Crippen LogP contribution is 2.20. The maximum atomic E-state index is 12.1. The average Bonchev–Trinajstić information content (AvgIpc) is 3.05. The van der Waals surface area contributed by atoms with Gasteiger partial charge in [0, 0.05) is 29.3 Å². The lowest BCUT2D eigenvalue weighted by Gasteiger charge is -2.09. The minimum absolute atomic E-state index is 0.157. The molecule has 0 unspecified atom stereocenters. The summed E-state index contributed by atoms with van der Waals surface area (Å²) in [4.78, 5) is 24.2. The van der Waals surface area contributed by atoms with Crippen LogP contribution in [-0.2, 0) is 4.79 Å². The van der Waals surface area contributed by atoms with Gasteiger partial charge in [0.15, 0.2) is 5.65 Å². The number of fused-ring (bicyclic) bond motifs is 1. The molecule has 2 aromatic heterocycles. The van der Waals surface area contributed by atoms with Crippen LogP contribution in [0.15, 0.2) is 47.3 Å². The van der Waals surface area contributed by atoms with Crippen molar-refractivity contribution >= 4 is 39.1 Å². The van der Waals surface area contributed by atoms with Crippen LogP contribution in [0.3, 0.4) is 0 Å². The Kier molecular flexibility index (Phi) is 5.08. The van der Waals surface area contributed by atoms with Crippen LogP contribution in [0, 0.1) is 6.92 Å². The summed E-state index contributed by atoms with van der Waals surface area (Å²) in [6, 6.07) is 9.07. The van der Waals surface area contributed by atoms with Crippen molar-refractivity contribution in [1.82, 2.24) is 19.9 Å². The molecule has 2 heterocycles. The molecule has 0 bridgehead atoms. The lowest BCUT2D eigenvalue weighted by atomic mass is 10.2. The number of aromatic nitrogens is 3. The number of hydrogen-bond acceptors (Lipinski definition) is 4. The van der Waals surface area contributed by atoms with Crippen LogP contribution in [0.4, 0.5) is 5.69 Å². The molecule has 0 aliphatic heterocycles. The summed E-state index contributed by atoms with van der Waals surface area (Å²) >= 11 is 3.38. The summed E-state index contributed by atoms with van der Waals surface area (Å²) in [5.74, 6) is -0.405. The Labute approximate surface area is 152 Å². The molecule has 128 valence electrons. The predicted molar refractivity (Wildman–Crippen MR) is 97.4 cm³/mol. The second-order valence-electron chi connectivity index (χ2n) is 5.53. The molecular weight excluding hydrogens is 386 g/mol. The van der Waals surface area contributed by atoms with E-state index < -0.39 is 0 Å². The zero-order valence-electron chi connectivity index (χ0n) is 13.5. The predicted octanol–water partition coefficient (Wildman–Crippen LogP) is 2.56. The highest BCUT2D eigenvalue weighted by atomic mass is 79.9. The number of nitrogens with one attached hydrogen (secondary N) is 2. The van der Waals surface area contributed by atoms with E-state index in [1.807, 2.05) is 25.1 Å². The first kappa shape index (κ1) is 17.1. The Morgan fingerprint density at radius 2 is 2.08 bits per heavy atom. The van der Waals surface area contributed by atoms with Gasteiger partial charge in [0.1, 0.15) is 6.33 Å². The van der Waals surface area contributed by atoms with E-state index in [9.17, 15) is 9.59 Å². The molecule has 3 rings (SSSR count). The maximum Gasteiger partial charge on any atom is 0.252 e. The standard InChI is InChI=1S/C17H16BrN5O2/c1-11-2-4-13(18)8-14(11)21-16(24)6-7-19-17(25)12-3-5-15-22-20-10-23(15)9-12/h2-5,8-10H,6-7H2,1H3,(H,19,25)(H,21,24). The molecule has 0 fully saturated rings. The van der Waals surface area contributed by atoms with Crippen molar-refractivity contribution in [2.45, 2.75) is 13.3 Å². The van der Waals surface area contributed by atoms with Crippen molar-refractivity contribution in [3.8, 4) is 0 Å². The van der Waals surface area contributed by atoms with E-state index in [0.29, 0.717) is 11.2 Å². The van der Waals surface area contributed by atoms with Gasteiger partial charge in [-0.25, -0.2) is 0 Å². The molecule has 8 heteroatoms. The van der Waals surface area contributed by atoms with Crippen LogP contribution in [0.25, 0.3) is 5.65 Å². The number of carbonyl (C=O) groups excluding carboxylic acids is 2. The van der Waals surface area contributed by atoms with E-state index in [1.165, 1.54) is 6.33 Å². The van der Waals surface area contributed by atoms with Crippen molar-refractivity contribution in [3.05, 3.63) is 58.5 Å². The zero-order chi connectivity index (χ0) is 17.8. The Hall–Kier alpha value is -2.74. The van der Waals surface area contributed by atoms with Gasteiger partial charge in [-0.2, -0.15) is 0 Å². The SMILES string of the molecule is Cc1ccc(Br)cc1NC(=O)CCNC(=O)c1ccc2nncn2c1. The quantitative estimate of drug-likeness (QED) is 0.687. The van der Waals surface area contributed by atoms with Crippen LogP contribution >= 0.6 is 15.9 Å². The number of carbonyl (C=O) groups is 2. The molecule has 0 aliphatic carbocycles. The van der Waals surface area contributed by atoms with Gasteiger partial charge in [-0.15, -0.1) is 10.2 Å². The Balaban J connectivity index is 1.52. The van der Waals surface area contributed by atoms with Crippen molar-refractivity contribution in [1.29, 1.82) is 0 Å². The number of nitrogens with zero attached hydrogens (tertiary/aromatic N) is 3. The fourth-order valence-electron chi connectivity index (χ4n) is 2.29. The zero-order valence-corrected chi connectivity index (χ0v) is 15.1. The smallest absolute Gasteiger partial charge is 0.252 e. The molecular formula is C17H16BrN5O2. The summed E-state index contributed by atoms with van der Waals surface area (Å²) in [5, 5.41) is 13.2. The molecule has 0 saturated heterocycles. The number of anilines is 1. The van der Waals surface area contributed by atoms with E-state index in [-0.39, 0.29) is 24.8 Å². The molecule has 0 saturated carbocycles. The van der Waals surface area contributed by atoms with Gasteiger partial charge < -0.3 is 10.6 Å². The summed E-state index contributed by atoms with van der Waals surface area (Å²) in [6.45, 7) is 2.17. The summed E-state index contributed by atoms with van der Waals surface area (Å²) in [6.07, 6.45) is 3.36. The fraction of sp³-hybridized carbons (Fsp3) is 0.176. The lowest BCUT2D eigenvalue weighted by Crippen LogP contribution is -2.28. The van der Waals surface area contributed by atoms with Crippen molar-refractivity contribution < 1.29 is 9.59 Å². The molecule has 3 aromatic rings. The average molecular weight is 402 g/mol. The third kappa shape index (κ3) is 4.21. The van der Waals surface area contributed by atoms with Crippen LogP contribution in [0.2, 0.25) is 0 Å². The van der Waals surface area contributed by atoms with Crippen LogP contribution in [0.5, 0.6) is 0 Å². The van der Waals surface area contributed by atoms with Gasteiger partial charge in [-0.1, -0.05) is 22.0 Å². The molecule has 0 spiro atoms. The van der Waals surface area contributed by atoms with E-state index >= 15 is 0 Å². The number of amides is 2. The number of hydrogen-bond donors (Lipinski definition) is 2. The van der Waals surface area contributed by atoms with Gasteiger partial charge in [0.25, 0.3) is 5.91 Å². The van der Waals surface area contributed by atoms with E-state index in [0.717, 1.165) is 15.7 Å². The molecule has 0 aliphatic rings. The molecule has 0 atom stereocenters. The van der Waals surface area contributed by atoms with Crippen LogP contribution in [0.1, 0.15) is 22.3 Å². The number of pyridine rings is 1. The minimum atomic E-state index is -0.248. The largest absolute Gasteiger partial charge is 0.351 e. The number of aryl methyl sites for hydroxylation is 1. The number of rotatable bonds is 5. The van der Waals surface area contributed by atoms with Gasteiger partial charge in [-0.3, -0.25) is 14.0 Å². The molecule has 2 N–H and O–H groups in total. The first-order chi connectivity index (χ1) is 12.0. The summed E-state index contributed by atoms with van der Waals surface area (Å²) in [7, 11) is 0. The van der Waals surface area contributed by atoms with Crippen LogP contribution in [-0.4, -0.2) is 33.0 Å². The summed E-state index contributed by atoms with van der Waals surface area (Å²) in [5.41, 5.74) is 2.88. The number of halogens is 1. The molecule has 1 aromatic carbocycles. The van der Waals surface area contributed by atoms with Crippen molar-refractivity contribution in [3.63, 3.8) is 0 Å². The Morgan fingerprint density at radius 3 is 2.92 bits per heavy atom. The normalized spacial score (nSPS) is 10.6. The number of benzene rings is 1. The van der Waals surface area contributed by atoms with E-state index in [4.69, 9.17) is 0 Å². The second-order valence-corrected chi connectivity index (χ2v) is 6.44. The van der Waals surface area contributed by atoms with Crippen molar-refractivity contribution in [2.75, 3.05) is 11.9 Å². The first-order valence-electron chi connectivity index (χ1n) is 7.66. The fourth-order valence-corrected chi connectivity index (χ4v) is 2.66. The third-order valence-electron chi connectivity index (χ3n) is 3.66. The van der Waals surface area contributed by atoms with Gasteiger partial charge in [-0.05, 0) is 36.8 Å². The van der Waals surface area contributed by atoms with Gasteiger partial charge >= 0.3 is 0 Å². The van der Waals surface area contributed by atoms with Crippen molar-refractivity contribution in [2.24, 2.45) is 0 Å². The molecule has 7 nitrogen and oxygen atoms in total. The molecule has 0 radical (unpaired) electrons. The second kappa shape index (κ2) is 7.43. The minimum Gasteiger partial charge on any atom is -0.351 e. The highest BCUT2D eigenvalue weighted by Gasteiger charge is 2.09. The van der Waals surface area contributed by atoms with Gasteiger partial charge in [0.05, 0.1) is 5.56 Å². The summed E-state index contributed by atoms with van der Waals surface area (Å²) < 4.78 is 2.56. The van der Waals surface area contributed by atoms with E-state index in [2.05, 4.69) is 36.8 Å². The van der Waals surface area contributed by atoms with Gasteiger partial charge in [0.2, 0.25) is 5.91 Å². The van der Waals surface area contributed by atoms with E-state index in [1.54, 1.807) is 22.7 Å². The lowest BCUT2D eigenvalue weighted by molar-refractivity contribution is -0.116. The monoisotopic (exact) mass is 401 g/mol. The highest BCUT2D eigenvalue weighted by molar-refractivity contribution is 9.10. The third-order valence-corrected chi connectivity index (χ3v) is 4.16. The maximum absolute atomic E-state index is 12.1. The Morgan fingerprint density at radius 1 is 1.24 bits per heavy atom.